The lowest BCUT2D eigenvalue weighted by atomic mass is 10.1. The third-order valence-electron chi connectivity index (χ3n) is 5.67. The van der Waals surface area contributed by atoms with Gasteiger partial charge in [0.05, 0.1) is 21.4 Å². The van der Waals surface area contributed by atoms with Crippen LogP contribution in [0.1, 0.15) is 25.3 Å². The van der Waals surface area contributed by atoms with Gasteiger partial charge in [0.15, 0.2) is 9.84 Å². The molecule has 0 atom stereocenters. The minimum atomic E-state index is -3.57. The summed E-state index contributed by atoms with van der Waals surface area (Å²) in [4.78, 5) is 23.3. The number of nitrogens with zero attached hydrogens (tertiary/aromatic N) is 4. The number of hydrogen-bond acceptors (Lipinski definition) is 7. The van der Waals surface area contributed by atoms with Crippen LogP contribution in [-0.4, -0.2) is 47.9 Å². The number of aryl methyl sites for hydroxylation is 1. The fourth-order valence-corrected chi connectivity index (χ4v) is 4.80. The Kier molecular flexibility index (Phi) is 6.90. The van der Waals surface area contributed by atoms with Gasteiger partial charge >= 0.3 is 0 Å². The molecular formula is C23H24ClFN4O4S. The molecule has 1 aliphatic rings. The highest BCUT2D eigenvalue weighted by molar-refractivity contribution is 7.91. The molecule has 3 heterocycles. The molecule has 3 aromatic rings. The van der Waals surface area contributed by atoms with Gasteiger partial charge in [-0.1, -0.05) is 18.5 Å². The second kappa shape index (κ2) is 9.71. The minimum absolute atomic E-state index is 0.0973. The molecular weight excluding hydrogens is 483 g/mol. The molecule has 1 aromatic carbocycles. The lowest BCUT2D eigenvalue weighted by Crippen LogP contribution is -2.39. The van der Waals surface area contributed by atoms with Crippen LogP contribution in [0.25, 0.3) is 5.69 Å². The van der Waals surface area contributed by atoms with Gasteiger partial charge in [0, 0.05) is 50.6 Å². The van der Waals surface area contributed by atoms with Gasteiger partial charge in [-0.05, 0) is 30.7 Å². The SMILES string of the molecule is CCS(=O)(=O)c1ccc(-n2cc(Cl)c(OC3CCN(c4ncc(C)cn4)CC3)cc2=O)c(F)c1. The number of benzene rings is 1. The molecule has 2 aromatic heterocycles. The molecule has 0 N–H and O–H groups in total. The van der Waals surface area contributed by atoms with Crippen molar-refractivity contribution < 1.29 is 17.5 Å². The van der Waals surface area contributed by atoms with Gasteiger partial charge in [-0.2, -0.15) is 0 Å². The van der Waals surface area contributed by atoms with Crippen molar-refractivity contribution in [2.24, 2.45) is 0 Å². The quantitative estimate of drug-likeness (QED) is 0.504. The summed E-state index contributed by atoms with van der Waals surface area (Å²) in [5.41, 5.74) is 0.350. The third-order valence-corrected chi connectivity index (χ3v) is 7.69. The van der Waals surface area contributed by atoms with E-state index in [-0.39, 0.29) is 33.2 Å². The molecule has 0 bridgehead atoms. The molecule has 1 saturated heterocycles. The average molecular weight is 507 g/mol. The van der Waals surface area contributed by atoms with Crippen LogP contribution in [0.2, 0.25) is 5.02 Å². The number of rotatable bonds is 6. The van der Waals surface area contributed by atoms with Gasteiger partial charge < -0.3 is 9.64 Å². The monoisotopic (exact) mass is 506 g/mol. The largest absolute Gasteiger partial charge is 0.488 e. The Hall–Kier alpha value is -2.98. The summed E-state index contributed by atoms with van der Waals surface area (Å²) < 4.78 is 45.7. The zero-order valence-corrected chi connectivity index (χ0v) is 20.3. The second-order valence-electron chi connectivity index (χ2n) is 8.08. The maximum Gasteiger partial charge on any atom is 0.258 e. The van der Waals surface area contributed by atoms with E-state index in [0.717, 1.165) is 16.2 Å². The summed E-state index contributed by atoms with van der Waals surface area (Å²) >= 11 is 6.36. The first-order chi connectivity index (χ1) is 16.2. The molecule has 1 fully saturated rings. The van der Waals surface area contributed by atoms with Gasteiger partial charge in [-0.3, -0.25) is 9.36 Å². The Bertz CT molecular complexity index is 1350. The zero-order valence-electron chi connectivity index (χ0n) is 18.7. The number of sulfone groups is 1. The smallest absolute Gasteiger partial charge is 0.258 e. The van der Waals surface area contributed by atoms with E-state index in [2.05, 4.69) is 14.9 Å². The van der Waals surface area contributed by atoms with Crippen LogP contribution in [0.5, 0.6) is 5.75 Å². The van der Waals surface area contributed by atoms with E-state index in [4.69, 9.17) is 16.3 Å². The fourth-order valence-electron chi connectivity index (χ4n) is 3.72. The van der Waals surface area contributed by atoms with Crippen LogP contribution in [0, 0.1) is 12.7 Å². The molecule has 0 spiro atoms. The molecule has 180 valence electrons. The topological polar surface area (TPSA) is 94.4 Å². The highest BCUT2D eigenvalue weighted by Crippen LogP contribution is 2.28. The number of hydrogen-bond donors (Lipinski definition) is 0. The molecule has 0 radical (unpaired) electrons. The van der Waals surface area contributed by atoms with E-state index >= 15 is 0 Å². The number of anilines is 1. The number of ether oxygens (including phenoxy) is 1. The normalized spacial score (nSPS) is 14.9. The Balaban J connectivity index is 1.48. The molecule has 11 heteroatoms. The Labute approximate surface area is 201 Å². The van der Waals surface area contributed by atoms with Gasteiger partial charge in [-0.25, -0.2) is 22.8 Å². The second-order valence-corrected chi connectivity index (χ2v) is 10.8. The maximum absolute atomic E-state index is 14.7. The summed E-state index contributed by atoms with van der Waals surface area (Å²) in [6.45, 7) is 4.80. The lowest BCUT2D eigenvalue weighted by molar-refractivity contribution is 0.170. The third kappa shape index (κ3) is 5.07. The van der Waals surface area contributed by atoms with E-state index in [1.165, 1.54) is 31.3 Å². The Morgan fingerprint density at radius 2 is 1.85 bits per heavy atom. The van der Waals surface area contributed by atoms with Crippen molar-refractivity contribution in [3.8, 4) is 11.4 Å². The number of aromatic nitrogens is 3. The maximum atomic E-state index is 14.7. The van der Waals surface area contributed by atoms with Crippen LogP contribution >= 0.6 is 11.6 Å². The molecule has 0 unspecified atom stereocenters. The standard InChI is InChI=1S/C23H24ClFN4O4S/c1-3-34(31,32)17-4-5-20(19(25)10-17)29-14-18(24)21(11-22(29)30)33-16-6-8-28(9-7-16)23-26-12-15(2)13-27-23/h4-5,10-14,16H,3,6-9H2,1-2H3. The van der Waals surface area contributed by atoms with E-state index in [9.17, 15) is 17.6 Å². The first-order valence-electron chi connectivity index (χ1n) is 10.8. The van der Waals surface area contributed by atoms with Crippen LogP contribution in [0.4, 0.5) is 10.3 Å². The van der Waals surface area contributed by atoms with E-state index < -0.39 is 21.2 Å². The van der Waals surface area contributed by atoms with Gasteiger partial charge in [0.1, 0.15) is 17.7 Å². The molecule has 0 amide bonds. The zero-order chi connectivity index (χ0) is 24.5. The van der Waals surface area contributed by atoms with E-state index in [0.29, 0.717) is 31.9 Å². The summed E-state index contributed by atoms with van der Waals surface area (Å²) in [5.74, 6) is -0.101. The van der Waals surface area contributed by atoms with E-state index in [1.54, 1.807) is 12.4 Å². The molecule has 4 rings (SSSR count). The van der Waals surface area contributed by atoms with Crippen molar-refractivity contribution >= 4 is 27.4 Å². The van der Waals surface area contributed by atoms with E-state index in [1.807, 2.05) is 6.92 Å². The molecule has 0 saturated carbocycles. The Morgan fingerprint density at radius 3 is 2.47 bits per heavy atom. The summed E-state index contributed by atoms with van der Waals surface area (Å²) in [6, 6.07) is 4.64. The highest BCUT2D eigenvalue weighted by Gasteiger charge is 2.24. The van der Waals surface area contributed by atoms with Crippen molar-refractivity contribution in [3.63, 3.8) is 0 Å². The van der Waals surface area contributed by atoms with Gasteiger partial charge in [-0.15, -0.1) is 0 Å². The average Bonchev–Trinajstić information content (AvgIpc) is 2.82. The van der Waals surface area contributed by atoms with Crippen LogP contribution in [-0.2, 0) is 9.84 Å². The summed E-state index contributed by atoms with van der Waals surface area (Å²) in [5, 5.41) is 0.147. The summed E-state index contributed by atoms with van der Waals surface area (Å²) in [6.07, 6.45) is 6.07. The Morgan fingerprint density at radius 1 is 1.18 bits per heavy atom. The summed E-state index contributed by atoms with van der Waals surface area (Å²) in [7, 11) is -3.57. The molecule has 0 aliphatic carbocycles. The first-order valence-corrected chi connectivity index (χ1v) is 12.9. The van der Waals surface area contributed by atoms with Crippen LogP contribution in [0.3, 0.4) is 0 Å². The lowest BCUT2D eigenvalue weighted by Gasteiger charge is -2.32. The van der Waals surface area contributed by atoms with Crippen molar-refractivity contribution in [3.05, 3.63) is 69.6 Å². The number of piperidine rings is 1. The predicted molar refractivity (Wildman–Crippen MR) is 127 cm³/mol. The van der Waals surface area contributed by atoms with Crippen molar-refractivity contribution in [2.45, 2.75) is 37.7 Å². The van der Waals surface area contributed by atoms with Crippen molar-refractivity contribution in [2.75, 3.05) is 23.7 Å². The molecule has 1 aliphatic heterocycles. The first kappa shape index (κ1) is 24.2. The number of halogens is 2. The number of pyridine rings is 1. The fraction of sp³-hybridized carbons (Fsp3) is 0.348. The predicted octanol–water partition coefficient (Wildman–Crippen LogP) is 3.57. The molecule has 8 nitrogen and oxygen atoms in total. The molecule has 34 heavy (non-hydrogen) atoms. The van der Waals surface area contributed by atoms with Crippen LogP contribution in [0.15, 0.2) is 52.5 Å². The van der Waals surface area contributed by atoms with Gasteiger partial charge in [0.25, 0.3) is 5.56 Å². The van der Waals surface area contributed by atoms with Crippen LogP contribution < -0.4 is 15.2 Å². The van der Waals surface area contributed by atoms with Crippen molar-refractivity contribution in [1.82, 2.24) is 14.5 Å². The van der Waals surface area contributed by atoms with Crippen molar-refractivity contribution in [1.29, 1.82) is 0 Å². The highest BCUT2D eigenvalue weighted by atomic mass is 35.5. The minimum Gasteiger partial charge on any atom is -0.488 e. The van der Waals surface area contributed by atoms with Gasteiger partial charge in [0.2, 0.25) is 5.95 Å².